The van der Waals surface area contributed by atoms with Gasteiger partial charge in [0.15, 0.2) is 5.82 Å². The van der Waals surface area contributed by atoms with Gasteiger partial charge in [0, 0.05) is 13.1 Å². The number of fused-ring (bicyclic) bond motifs is 3. The van der Waals surface area contributed by atoms with E-state index in [1.165, 1.54) is 23.1 Å². The van der Waals surface area contributed by atoms with Crippen LogP contribution in [0.1, 0.15) is 47.0 Å². The molecule has 2 aromatic heterocycles. The van der Waals surface area contributed by atoms with Gasteiger partial charge in [-0.3, -0.25) is 18.7 Å². The van der Waals surface area contributed by atoms with Crippen molar-refractivity contribution in [1.82, 2.24) is 24.1 Å². The Balaban J connectivity index is 1.60. The molecule has 0 saturated carbocycles. The maximum atomic E-state index is 12.8. The van der Waals surface area contributed by atoms with Crippen molar-refractivity contribution in [3.05, 3.63) is 74.8 Å². The predicted octanol–water partition coefficient (Wildman–Crippen LogP) is 3.84. The third kappa shape index (κ3) is 3.03. The van der Waals surface area contributed by atoms with Crippen LogP contribution in [0, 0.1) is 20.8 Å². The lowest BCUT2D eigenvalue weighted by atomic mass is 9.99. The molecule has 1 aliphatic rings. The average molecular weight is 402 g/mol. The molecule has 4 aromatic rings. The molecule has 1 aliphatic heterocycles. The van der Waals surface area contributed by atoms with Crippen LogP contribution >= 0.6 is 0 Å². The Kier molecular flexibility index (Phi) is 4.47. The number of hydrogen-bond donors (Lipinski definition) is 0. The second-order valence-corrected chi connectivity index (χ2v) is 8.69. The Bertz CT molecular complexity index is 1310. The van der Waals surface area contributed by atoms with Crippen LogP contribution in [-0.4, -0.2) is 30.6 Å². The zero-order valence-electron chi connectivity index (χ0n) is 18.0. The number of aryl methyl sites for hydroxylation is 4. The summed E-state index contributed by atoms with van der Waals surface area (Å²) >= 11 is 0. The second-order valence-electron chi connectivity index (χ2n) is 8.69. The third-order valence-electron chi connectivity index (χ3n) is 6.28. The maximum absolute atomic E-state index is 12.8. The molecule has 1 fully saturated rings. The van der Waals surface area contributed by atoms with Crippen LogP contribution in [0.4, 0.5) is 0 Å². The molecule has 6 heteroatoms. The van der Waals surface area contributed by atoms with Gasteiger partial charge in [-0.15, -0.1) is 10.2 Å². The van der Waals surface area contributed by atoms with Crippen molar-refractivity contribution in [2.24, 2.45) is 7.05 Å². The maximum Gasteiger partial charge on any atom is 0.262 e. The van der Waals surface area contributed by atoms with Gasteiger partial charge < -0.3 is 0 Å². The molecule has 1 atom stereocenters. The monoisotopic (exact) mass is 401 g/mol. The summed E-state index contributed by atoms with van der Waals surface area (Å²) in [5.74, 6) is 1.47. The smallest absolute Gasteiger partial charge is 0.262 e. The van der Waals surface area contributed by atoms with E-state index in [2.05, 4.69) is 47.1 Å². The van der Waals surface area contributed by atoms with E-state index in [1.54, 1.807) is 11.6 Å². The third-order valence-corrected chi connectivity index (χ3v) is 6.28. The number of aromatic nitrogens is 4. The molecule has 0 spiro atoms. The first-order valence-electron chi connectivity index (χ1n) is 10.6. The fourth-order valence-corrected chi connectivity index (χ4v) is 4.94. The van der Waals surface area contributed by atoms with Gasteiger partial charge in [-0.05, 0) is 57.9 Å². The highest BCUT2D eigenvalue weighted by Crippen LogP contribution is 2.34. The predicted molar refractivity (Wildman–Crippen MR) is 119 cm³/mol. The molecular formula is C24H27N5O. The number of rotatable bonds is 3. The van der Waals surface area contributed by atoms with Gasteiger partial charge in [-0.1, -0.05) is 41.0 Å². The lowest BCUT2D eigenvalue weighted by molar-refractivity contribution is 0.241. The minimum Gasteiger partial charge on any atom is -0.289 e. The van der Waals surface area contributed by atoms with E-state index in [9.17, 15) is 4.79 Å². The summed E-state index contributed by atoms with van der Waals surface area (Å²) in [6.45, 7) is 8.08. The van der Waals surface area contributed by atoms with Gasteiger partial charge in [0.2, 0.25) is 5.78 Å². The number of hydrogen-bond acceptors (Lipinski definition) is 4. The van der Waals surface area contributed by atoms with Crippen molar-refractivity contribution >= 4 is 16.7 Å². The molecule has 154 valence electrons. The Labute approximate surface area is 175 Å². The van der Waals surface area contributed by atoms with E-state index in [0.717, 1.165) is 29.9 Å². The molecular weight excluding hydrogens is 374 g/mol. The summed E-state index contributed by atoms with van der Waals surface area (Å²) in [7, 11) is 1.77. The fraction of sp³-hybridized carbons (Fsp3) is 0.375. The molecule has 0 N–H and O–H groups in total. The molecule has 0 amide bonds. The molecule has 1 saturated heterocycles. The molecule has 1 unspecified atom stereocenters. The number of benzene rings is 2. The lowest BCUT2D eigenvalue weighted by Gasteiger charge is -2.25. The van der Waals surface area contributed by atoms with E-state index in [-0.39, 0.29) is 5.56 Å². The van der Waals surface area contributed by atoms with Crippen LogP contribution in [0.5, 0.6) is 0 Å². The summed E-state index contributed by atoms with van der Waals surface area (Å²) in [6, 6.07) is 13.2. The number of nitrogens with zero attached hydrogens (tertiary/aromatic N) is 5. The Morgan fingerprint density at radius 3 is 2.53 bits per heavy atom. The van der Waals surface area contributed by atoms with Crippen molar-refractivity contribution in [1.29, 1.82) is 0 Å². The summed E-state index contributed by atoms with van der Waals surface area (Å²) in [6.07, 6.45) is 2.32. The van der Waals surface area contributed by atoms with Crippen LogP contribution < -0.4 is 5.56 Å². The van der Waals surface area contributed by atoms with Crippen LogP contribution in [0.15, 0.2) is 41.2 Å². The summed E-state index contributed by atoms with van der Waals surface area (Å²) in [5.41, 5.74) is 5.91. The average Bonchev–Trinajstić information content (AvgIpc) is 3.33. The highest BCUT2D eigenvalue weighted by Gasteiger charge is 2.28. The Morgan fingerprint density at radius 1 is 1.00 bits per heavy atom. The zero-order chi connectivity index (χ0) is 21.0. The number of likely N-dealkylation sites (tertiary alicyclic amines) is 1. The largest absolute Gasteiger partial charge is 0.289 e. The zero-order valence-corrected chi connectivity index (χ0v) is 18.0. The van der Waals surface area contributed by atoms with Crippen molar-refractivity contribution in [2.75, 3.05) is 6.54 Å². The van der Waals surface area contributed by atoms with E-state index in [0.29, 0.717) is 23.8 Å². The molecule has 0 bridgehead atoms. The van der Waals surface area contributed by atoms with Gasteiger partial charge in [0.25, 0.3) is 5.56 Å². The van der Waals surface area contributed by atoms with Gasteiger partial charge in [-0.2, -0.15) is 0 Å². The van der Waals surface area contributed by atoms with Crippen molar-refractivity contribution < 1.29 is 0 Å². The van der Waals surface area contributed by atoms with Crippen molar-refractivity contribution in [3.63, 3.8) is 0 Å². The van der Waals surface area contributed by atoms with Crippen molar-refractivity contribution in [3.8, 4) is 0 Å². The molecule has 3 heterocycles. The Morgan fingerprint density at radius 2 is 1.77 bits per heavy atom. The lowest BCUT2D eigenvalue weighted by Crippen LogP contribution is -2.25. The molecule has 2 aromatic carbocycles. The highest BCUT2D eigenvalue weighted by molar-refractivity contribution is 5.81. The molecule has 5 rings (SSSR count). The van der Waals surface area contributed by atoms with Crippen LogP contribution in [0.25, 0.3) is 16.7 Å². The van der Waals surface area contributed by atoms with Crippen LogP contribution in [-0.2, 0) is 13.6 Å². The van der Waals surface area contributed by atoms with E-state index >= 15 is 0 Å². The standard InChI is InChI=1S/C24H27N5O/c1-15-7-8-21-19(13-15)23(30)27(4)24-26-25-22(29(21)24)14-28-9-5-6-20(28)18-11-16(2)10-17(3)12-18/h7-8,10-13,20H,5-6,9,14H2,1-4H3. The normalized spacial score (nSPS) is 17.4. The SMILES string of the molecule is Cc1cc(C)cc(C2CCCN2Cc2nnc3n(C)c(=O)c4cc(C)ccc4n23)c1. The minimum absolute atomic E-state index is 0.0329. The van der Waals surface area contributed by atoms with Gasteiger partial charge in [0.1, 0.15) is 0 Å². The van der Waals surface area contributed by atoms with E-state index in [1.807, 2.05) is 29.5 Å². The van der Waals surface area contributed by atoms with Crippen LogP contribution in [0.3, 0.4) is 0 Å². The molecule has 0 radical (unpaired) electrons. The second kappa shape index (κ2) is 7.06. The fourth-order valence-electron chi connectivity index (χ4n) is 4.94. The van der Waals surface area contributed by atoms with Gasteiger partial charge >= 0.3 is 0 Å². The van der Waals surface area contributed by atoms with Crippen LogP contribution in [0.2, 0.25) is 0 Å². The molecule has 6 nitrogen and oxygen atoms in total. The van der Waals surface area contributed by atoms with Gasteiger partial charge in [-0.25, -0.2) is 0 Å². The molecule has 30 heavy (non-hydrogen) atoms. The topological polar surface area (TPSA) is 55.4 Å². The quantitative estimate of drug-likeness (QED) is 0.523. The molecule has 0 aliphatic carbocycles. The van der Waals surface area contributed by atoms with Gasteiger partial charge in [0.05, 0.1) is 17.4 Å². The van der Waals surface area contributed by atoms with E-state index in [4.69, 9.17) is 0 Å². The first-order chi connectivity index (χ1) is 14.4. The summed E-state index contributed by atoms with van der Waals surface area (Å²) in [5, 5.41) is 9.58. The van der Waals surface area contributed by atoms with Crippen molar-refractivity contribution in [2.45, 2.75) is 46.2 Å². The first-order valence-corrected chi connectivity index (χ1v) is 10.6. The minimum atomic E-state index is -0.0329. The summed E-state index contributed by atoms with van der Waals surface area (Å²) < 4.78 is 3.65. The summed E-state index contributed by atoms with van der Waals surface area (Å²) in [4.78, 5) is 15.3. The Hall–Kier alpha value is -2.99. The van der Waals surface area contributed by atoms with E-state index < -0.39 is 0 Å². The highest BCUT2D eigenvalue weighted by atomic mass is 16.1. The first kappa shape index (κ1) is 19.0.